The molecule has 1 heterocycles. The molecule has 0 aliphatic rings. The van der Waals surface area contributed by atoms with E-state index >= 15 is 0 Å². The van der Waals surface area contributed by atoms with Crippen LogP contribution in [0.25, 0.3) is 0 Å². The van der Waals surface area contributed by atoms with Crippen molar-refractivity contribution in [1.82, 2.24) is 4.57 Å². The number of hydrogen-bond donors (Lipinski definition) is 4. The molecule has 0 saturated carbocycles. The molecule has 0 radical (unpaired) electrons. The molecule has 0 aromatic carbocycles. The second-order valence-electron chi connectivity index (χ2n) is 1.90. The zero-order chi connectivity index (χ0) is 7.89. The van der Waals surface area contributed by atoms with Gasteiger partial charge in [0.15, 0.2) is 0 Å². The van der Waals surface area contributed by atoms with Gasteiger partial charge in [0.1, 0.15) is 0 Å². The third-order valence-corrected chi connectivity index (χ3v) is 3.73. The molecule has 0 spiro atoms. The lowest BCUT2D eigenvalue weighted by Crippen LogP contribution is -1.86. The molecule has 0 fully saturated rings. The van der Waals surface area contributed by atoms with Crippen LogP contribution in [0, 0.1) is 0 Å². The maximum absolute atomic E-state index is 4.19. The Bertz CT molecular complexity index is 185. The predicted molar refractivity (Wildman–Crippen MR) is 54.4 cm³/mol. The van der Waals surface area contributed by atoms with E-state index in [1.54, 1.807) is 0 Å². The zero-order valence-corrected chi connectivity index (χ0v) is 8.81. The molecule has 0 saturated heterocycles. The van der Waals surface area contributed by atoms with E-state index in [9.17, 15) is 0 Å². The monoisotopic (exact) mass is 209 g/mol. The highest BCUT2D eigenvalue weighted by atomic mass is 32.1. The van der Waals surface area contributed by atoms with Gasteiger partial charge in [-0.05, 0) is 0 Å². The Hall–Kier alpha value is 0.680. The van der Waals surface area contributed by atoms with Gasteiger partial charge < -0.3 is 4.57 Å². The van der Waals surface area contributed by atoms with Gasteiger partial charge in [-0.3, -0.25) is 0 Å². The molecule has 1 nitrogen and oxygen atoms in total. The number of rotatable bonds is 0. The number of hydrogen-bond acceptors (Lipinski definition) is 4. The smallest absolute Gasteiger partial charge is 0.0870 e. The Morgan fingerprint density at radius 1 is 0.900 bits per heavy atom. The quantitative estimate of drug-likeness (QED) is 0.465. The lowest BCUT2D eigenvalue weighted by atomic mass is 10.6. The molecular weight excluding hydrogens is 202 g/mol. The molecule has 0 unspecified atom stereocenters. The highest BCUT2D eigenvalue weighted by molar-refractivity contribution is 7.86. The molecule has 56 valence electrons. The van der Waals surface area contributed by atoms with Crippen LogP contribution in [0.4, 0.5) is 0 Å². The summed E-state index contributed by atoms with van der Waals surface area (Å²) in [5.41, 5.74) is 0. The molecular formula is C5H7NS4. The summed E-state index contributed by atoms with van der Waals surface area (Å²) >= 11 is 16.7. The van der Waals surface area contributed by atoms with Crippen LogP contribution < -0.4 is 0 Å². The van der Waals surface area contributed by atoms with E-state index in [0.29, 0.717) is 0 Å². The maximum Gasteiger partial charge on any atom is 0.0870 e. The van der Waals surface area contributed by atoms with Crippen molar-refractivity contribution in [2.45, 2.75) is 19.8 Å². The minimum absolute atomic E-state index is 0.777. The number of aromatic nitrogens is 1. The molecule has 0 aliphatic heterocycles. The van der Waals surface area contributed by atoms with Gasteiger partial charge in [0.2, 0.25) is 0 Å². The van der Waals surface area contributed by atoms with Crippen molar-refractivity contribution >= 4 is 50.5 Å². The fourth-order valence-corrected chi connectivity index (χ4v) is 1.82. The van der Waals surface area contributed by atoms with Crippen LogP contribution in [0.2, 0.25) is 0 Å². The van der Waals surface area contributed by atoms with Crippen LogP contribution in [0.3, 0.4) is 0 Å². The Morgan fingerprint density at radius 2 is 1.20 bits per heavy atom. The molecule has 0 aliphatic carbocycles. The van der Waals surface area contributed by atoms with Crippen LogP contribution in [-0.4, -0.2) is 4.57 Å². The Labute approximate surface area is 81.8 Å². The molecule has 10 heavy (non-hydrogen) atoms. The number of thiol groups is 4. The van der Waals surface area contributed by atoms with Crippen LogP contribution in [0.15, 0.2) is 19.8 Å². The topological polar surface area (TPSA) is 4.93 Å². The van der Waals surface area contributed by atoms with E-state index in [0.717, 1.165) is 19.8 Å². The van der Waals surface area contributed by atoms with Crippen LogP contribution >= 0.6 is 50.5 Å². The summed E-state index contributed by atoms with van der Waals surface area (Å²) in [7, 11) is 1.87. The average molecular weight is 209 g/mol. The van der Waals surface area contributed by atoms with Crippen molar-refractivity contribution in [2.75, 3.05) is 0 Å². The third kappa shape index (κ3) is 1.20. The molecule has 0 amide bonds. The third-order valence-electron chi connectivity index (χ3n) is 1.28. The van der Waals surface area contributed by atoms with Gasteiger partial charge in [-0.1, -0.05) is 0 Å². The minimum atomic E-state index is 0.777. The Morgan fingerprint density at radius 3 is 1.30 bits per heavy atom. The van der Waals surface area contributed by atoms with Gasteiger partial charge in [-0.2, -0.15) is 0 Å². The van der Waals surface area contributed by atoms with Crippen molar-refractivity contribution in [3.63, 3.8) is 0 Å². The van der Waals surface area contributed by atoms with Crippen molar-refractivity contribution < 1.29 is 0 Å². The normalized spacial score (nSPS) is 10.5. The van der Waals surface area contributed by atoms with Gasteiger partial charge in [0.05, 0.1) is 19.8 Å². The molecule has 1 aromatic rings. The fourth-order valence-electron chi connectivity index (χ4n) is 0.630. The van der Waals surface area contributed by atoms with E-state index < -0.39 is 0 Å². The summed E-state index contributed by atoms with van der Waals surface area (Å²) in [6, 6.07) is 0. The SMILES string of the molecule is Cn1c(S)c(S)c(S)c1S. The molecule has 5 heteroatoms. The van der Waals surface area contributed by atoms with Crippen molar-refractivity contribution in [1.29, 1.82) is 0 Å². The van der Waals surface area contributed by atoms with Crippen molar-refractivity contribution in [3.05, 3.63) is 0 Å². The maximum atomic E-state index is 4.19. The van der Waals surface area contributed by atoms with Gasteiger partial charge in [0.25, 0.3) is 0 Å². The van der Waals surface area contributed by atoms with Crippen LogP contribution in [0.5, 0.6) is 0 Å². The summed E-state index contributed by atoms with van der Waals surface area (Å²) < 4.78 is 1.82. The summed E-state index contributed by atoms with van der Waals surface area (Å²) in [4.78, 5) is 1.55. The molecule has 1 rings (SSSR count). The van der Waals surface area contributed by atoms with Gasteiger partial charge >= 0.3 is 0 Å². The fraction of sp³-hybridized carbons (Fsp3) is 0.200. The Balaban J connectivity index is 3.44. The molecule has 0 bridgehead atoms. The molecule has 1 aromatic heterocycles. The second kappa shape index (κ2) is 2.97. The zero-order valence-electron chi connectivity index (χ0n) is 5.24. The van der Waals surface area contributed by atoms with Gasteiger partial charge in [0, 0.05) is 7.05 Å². The first-order chi connectivity index (χ1) is 4.55. The first-order valence-corrected chi connectivity index (χ1v) is 4.33. The van der Waals surface area contributed by atoms with E-state index in [2.05, 4.69) is 50.5 Å². The summed E-state index contributed by atoms with van der Waals surface area (Å²) in [5.74, 6) is 0. The van der Waals surface area contributed by atoms with E-state index in [4.69, 9.17) is 0 Å². The first-order valence-electron chi connectivity index (χ1n) is 2.54. The van der Waals surface area contributed by atoms with E-state index in [1.807, 2.05) is 11.6 Å². The number of nitrogens with zero attached hydrogens (tertiary/aromatic N) is 1. The predicted octanol–water partition coefficient (Wildman–Crippen LogP) is 2.18. The lowest BCUT2D eigenvalue weighted by molar-refractivity contribution is 0.737. The average Bonchev–Trinajstić information content (AvgIpc) is 2.07. The Kier molecular flexibility index (Phi) is 2.60. The summed E-state index contributed by atoms with van der Waals surface area (Å²) in [6.45, 7) is 0. The highest BCUT2D eigenvalue weighted by Gasteiger charge is 2.09. The highest BCUT2D eigenvalue weighted by Crippen LogP contribution is 2.32. The first kappa shape index (κ1) is 8.77. The summed E-state index contributed by atoms with van der Waals surface area (Å²) in [6.07, 6.45) is 0. The van der Waals surface area contributed by atoms with E-state index in [1.165, 1.54) is 0 Å². The second-order valence-corrected chi connectivity index (χ2v) is 3.65. The minimum Gasteiger partial charge on any atom is -0.333 e. The van der Waals surface area contributed by atoms with Crippen molar-refractivity contribution in [3.8, 4) is 0 Å². The van der Waals surface area contributed by atoms with Crippen molar-refractivity contribution in [2.24, 2.45) is 7.05 Å². The lowest BCUT2D eigenvalue weighted by Gasteiger charge is -1.95. The van der Waals surface area contributed by atoms with Gasteiger partial charge in [-0.15, -0.1) is 50.5 Å². The van der Waals surface area contributed by atoms with Crippen LogP contribution in [-0.2, 0) is 7.05 Å². The largest absolute Gasteiger partial charge is 0.333 e. The van der Waals surface area contributed by atoms with Crippen LogP contribution in [0.1, 0.15) is 0 Å². The van der Waals surface area contributed by atoms with E-state index in [-0.39, 0.29) is 0 Å². The molecule has 0 atom stereocenters. The summed E-state index contributed by atoms with van der Waals surface area (Å²) in [5, 5.41) is 1.58. The van der Waals surface area contributed by atoms with Gasteiger partial charge in [-0.25, -0.2) is 0 Å². The molecule has 0 N–H and O–H groups in total. The standard InChI is InChI=1S/C5H7NS4/c1-6-4(9)2(7)3(8)5(6)10/h7-10H,1H3.